The molecule has 0 spiro atoms. The highest BCUT2D eigenvalue weighted by atomic mass is 35.5. The molecule has 1 aromatic carbocycles. The van der Waals surface area contributed by atoms with E-state index in [1.165, 1.54) is 6.42 Å². The minimum atomic E-state index is -1.20. The van der Waals surface area contributed by atoms with E-state index in [0.717, 1.165) is 26.1 Å². The van der Waals surface area contributed by atoms with Gasteiger partial charge in [0, 0.05) is 35.2 Å². The zero-order chi connectivity index (χ0) is 21.7. The van der Waals surface area contributed by atoms with Crippen LogP contribution in [-0.4, -0.2) is 42.7 Å². The molecule has 164 valence electrons. The second kappa shape index (κ2) is 10.5. The Kier molecular flexibility index (Phi) is 8.81. The van der Waals surface area contributed by atoms with Gasteiger partial charge in [0.2, 0.25) is 0 Å². The number of nitrogens with one attached hydrogen (secondary N) is 1. The Morgan fingerprint density at radius 2 is 1.79 bits per heavy atom. The van der Waals surface area contributed by atoms with Crippen molar-refractivity contribution in [1.29, 1.82) is 0 Å². The summed E-state index contributed by atoms with van der Waals surface area (Å²) in [6.07, 6.45) is 3.76. The Bertz CT molecular complexity index is 662. The fraction of sp³-hybridized carbons (Fsp3) is 0.696. The molecule has 1 fully saturated rings. The zero-order valence-electron chi connectivity index (χ0n) is 18.2. The number of hydrogen-bond acceptors (Lipinski definition) is 2. The molecule has 6 heteroatoms. The van der Waals surface area contributed by atoms with Crippen LogP contribution >= 0.6 is 23.2 Å². The number of nitrogens with zero attached hydrogens (tertiary/aromatic N) is 1. The van der Waals surface area contributed by atoms with Crippen molar-refractivity contribution in [3.05, 3.63) is 33.8 Å². The van der Waals surface area contributed by atoms with Gasteiger partial charge in [0.1, 0.15) is 5.67 Å². The van der Waals surface area contributed by atoms with Gasteiger partial charge >= 0.3 is 0 Å². The van der Waals surface area contributed by atoms with Crippen LogP contribution in [0.1, 0.15) is 70.2 Å². The molecule has 0 saturated carbocycles. The van der Waals surface area contributed by atoms with Crippen molar-refractivity contribution in [3.8, 4) is 0 Å². The van der Waals surface area contributed by atoms with Gasteiger partial charge in [-0.25, -0.2) is 4.39 Å². The third-order valence-corrected chi connectivity index (χ3v) is 6.07. The monoisotopic (exact) mass is 444 g/mol. The third kappa shape index (κ3) is 8.82. The lowest BCUT2D eigenvalue weighted by atomic mass is 9.84. The Morgan fingerprint density at radius 1 is 1.21 bits per heavy atom. The Labute approximate surface area is 185 Å². The summed E-state index contributed by atoms with van der Waals surface area (Å²) in [6, 6.07) is 4.70. The predicted octanol–water partition coefficient (Wildman–Crippen LogP) is 6.38. The van der Waals surface area contributed by atoms with Crippen LogP contribution in [0.2, 0.25) is 10.0 Å². The number of amides is 1. The van der Waals surface area contributed by atoms with Crippen LogP contribution in [-0.2, 0) is 0 Å². The van der Waals surface area contributed by atoms with E-state index < -0.39 is 5.67 Å². The van der Waals surface area contributed by atoms with E-state index in [1.54, 1.807) is 18.2 Å². The topological polar surface area (TPSA) is 32.3 Å². The maximum absolute atomic E-state index is 15.1. The van der Waals surface area contributed by atoms with Gasteiger partial charge in [-0.05, 0) is 68.2 Å². The molecule has 0 bridgehead atoms. The average Bonchev–Trinajstić information content (AvgIpc) is 2.59. The van der Waals surface area contributed by atoms with Crippen molar-refractivity contribution in [2.24, 2.45) is 11.3 Å². The van der Waals surface area contributed by atoms with Crippen molar-refractivity contribution in [3.63, 3.8) is 0 Å². The summed E-state index contributed by atoms with van der Waals surface area (Å²) in [4.78, 5) is 14.6. The van der Waals surface area contributed by atoms with Gasteiger partial charge in [0.25, 0.3) is 5.91 Å². The molecular formula is C23H35Cl2FN2O. The van der Waals surface area contributed by atoms with Crippen molar-refractivity contribution in [2.45, 2.75) is 65.5 Å². The second-order valence-corrected chi connectivity index (χ2v) is 10.7. The third-order valence-electron chi connectivity index (χ3n) is 5.63. The van der Waals surface area contributed by atoms with E-state index in [-0.39, 0.29) is 5.91 Å². The van der Waals surface area contributed by atoms with E-state index in [1.807, 2.05) is 0 Å². The molecule has 1 aromatic rings. The molecule has 0 aromatic heterocycles. The molecule has 1 heterocycles. The number of alkyl halides is 1. The van der Waals surface area contributed by atoms with E-state index in [0.29, 0.717) is 52.7 Å². The number of benzene rings is 1. The number of carbonyl (C=O) groups is 1. The van der Waals surface area contributed by atoms with Crippen LogP contribution < -0.4 is 5.32 Å². The second-order valence-electron chi connectivity index (χ2n) is 9.82. The number of hydrogen-bond donors (Lipinski definition) is 1. The van der Waals surface area contributed by atoms with E-state index >= 15 is 4.39 Å². The molecule has 1 aliphatic rings. The molecule has 1 saturated heterocycles. The molecule has 2 rings (SSSR count). The summed E-state index contributed by atoms with van der Waals surface area (Å²) in [5.41, 5.74) is -0.446. The quantitative estimate of drug-likeness (QED) is 0.504. The lowest BCUT2D eigenvalue weighted by Crippen LogP contribution is -2.44. The number of rotatable bonds is 8. The predicted molar refractivity (Wildman–Crippen MR) is 121 cm³/mol. The number of likely N-dealkylation sites (tertiary alicyclic amines) is 1. The van der Waals surface area contributed by atoms with E-state index in [4.69, 9.17) is 23.2 Å². The van der Waals surface area contributed by atoms with Gasteiger partial charge in [-0.2, -0.15) is 0 Å². The average molecular weight is 445 g/mol. The van der Waals surface area contributed by atoms with Gasteiger partial charge < -0.3 is 10.2 Å². The summed E-state index contributed by atoms with van der Waals surface area (Å²) in [6.45, 7) is 12.1. The number of halogens is 3. The van der Waals surface area contributed by atoms with Gasteiger partial charge in [0.15, 0.2) is 0 Å². The Hall–Kier alpha value is -0.840. The number of carbonyl (C=O) groups excluding carboxylic acids is 1. The van der Waals surface area contributed by atoms with Crippen molar-refractivity contribution >= 4 is 29.1 Å². The van der Waals surface area contributed by atoms with Gasteiger partial charge in [-0.3, -0.25) is 4.79 Å². The lowest BCUT2D eigenvalue weighted by molar-refractivity contribution is 0.0481. The minimum Gasteiger partial charge on any atom is -0.352 e. The Balaban J connectivity index is 1.70. The first kappa shape index (κ1) is 24.4. The Morgan fingerprint density at radius 3 is 2.34 bits per heavy atom. The van der Waals surface area contributed by atoms with Crippen LogP contribution in [0.5, 0.6) is 0 Å². The first-order chi connectivity index (χ1) is 13.5. The summed E-state index contributed by atoms with van der Waals surface area (Å²) in [5, 5.41) is 3.61. The molecule has 1 amide bonds. The van der Waals surface area contributed by atoms with Crippen LogP contribution in [0.15, 0.2) is 18.2 Å². The van der Waals surface area contributed by atoms with E-state index in [2.05, 4.69) is 37.9 Å². The molecule has 3 nitrogen and oxygen atoms in total. The maximum Gasteiger partial charge on any atom is 0.251 e. The van der Waals surface area contributed by atoms with Crippen LogP contribution in [0.4, 0.5) is 4.39 Å². The minimum absolute atomic E-state index is 0.275. The molecule has 1 unspecified atom stereocenters. The van der Waals surface area contributed by atoms with Crippen molar-refractivity contribution in [2.75, 3.05) is 26.2 Å². The van der Waals surface area contributed by atoms with Crippen molar-refractivity contribution < 1.29 is 9.18 Å². The fourth-order valence-electron chi connectivity index (χ4n) is 4.16. The summed E-state index contributed by atoms with van der Waals surface area (Å²) in [5.74, 6) is 0.408. The lowest BCUT2D eigenvalue weighted by Gasteiger charge is -2.37. The smallest absolute Gasteiger partial charge is 0.251 e. The summed E-state index contributed by atoms with van der Waals surface area (Å²) >= 11 is 11.9. The SMILES string of the molecule is CC(CCN1CCC(F)(CCNC(=O)c2cc(Cl)cc(Cl)c2)CC1)CC(C)(C)C. The van der Waals surface area contributed by atoms with Crippen molar-refractivity contribution in [1.82, 2.24) is 10.2 Å². The zero-order valence-corrected chi connectivity index (χ0v) is 19.7. The number of piperidine rings is 1. The molecule has 29 heavy (non-hydrogen) atoms. The van der Waals surface area contributed by atoms with Crippen LogP contribution in [0.3, 0.4) is 0 Å². The molecule has 1 N–H and O–H groups in total. The fourth-order valence-corrected chi connectivity index (χ4v) is 4.69. The molecule has 0 aliphatic carbocycles. The van der Waals surface area contributed by atoms with Gasteiger partial charge in [-0.15, -0.1) is 0 Å². The van der Waals surface area contributed by atoms with Crippen LogP contribution in [0.25, 0.3) is 0 Å². The highest BCUT2D eigenvalue weighted by Gasteiger charge is 2.34. The summed E-state index contributed by atoms with van der Waals surface area (Å²) < 4.78 is 15.1. The largest absolute Gasteiger partial charge is 0.352 e. The molecule has 0 radical (unpaired) electrons. The molecule has 1 atom stereocenters. The highest BCUT2D eigenvalue weighted by Crippen LogP contribution is 2.31. The first-order valence-corrected chi connectivity index (χ1v) is 11.4. The first-order valence-electron chi connectivity index (χ1n) is 10.6. The molecular weight excluding hydrogens is 410 g/mol. The normalized spacial score (nSPS) is 18.4. The standard InChI is InChI=1S/C23H35Cl2FN2O/c1-17(16-22(2,3)4)5-10-28-11-7-23(26,8-12-28)6-9-27-21(29)18-13-19(24)15-20(25)14-18/h13-15,17H,5-12,16H2,1-4H3,(H,27,29). The molecule has 1 aliphatic heterocycles. The highest BCUT2D eigenvalue weighted by molar-refractivity contribution is 6.35. The maximum atomic E-state index is 15.1. The van der Waals surface area contributed by atoms with E-state index in [9.17, 15) is 4.79 Å². The van der Waals surface area contributed by atoms with Crippen LogP contribution in [0, 0.1) is 11.3 Å². The summed E-state index contributed by atoms with van der Waals surface area (Å²) in [7, 11) is 0. The van der Waals surface area contributed by atoms with Gasteiger partial charge in [-0.1, -0.05) is 50.9 Å². The van der Waals surface area contributed by atoms with Gasteiger partial charge in [0.05, 0.1) is 0 Å².